The van der Waals surface area contributed by atoms with E-state index in [-0.39, 0.29) is 0 Å². The predicted molar refractivity (Wildman–Crippen MR) is 77.3 cm³/mol. The maximum absolute atomic E-state index is 3.56. The summed E-state index contributed by atoms with van der Waals surface area (Å²) in [6, 6.07) is 2.79. The lowest BCUT2D eigenvalue weighted by Crippen LogP contribution is -2.16. The highest BCUT2D eigenvalue weighted by molar-refractivity contribution is 9.11. The number of rotatable bonds is 7. The molecule has 1 aromatic heterocycles. The lowest BCUT2D eigenvalue weighted by molar-refractivity contribution is 0.505. The van der Waals surface area contributed by atoms with Gasteiger partial charge in [-0.1, -0.05) is 32.6 Å². The average molecular weight is 304 g/mol. The second kappa shape index (κ2) is 7.46. The van der Waals surface area contributed by atoms with Crippen LogP contribution in [0.3, 0.4) is 0 Å². The first-order chi connectivity index (χ1) is 7.69. The maximum Gasteiger partial charge on any atom is 0.0704 e. The van der Waals surface area contributed by atoms with E-state index in [9.17, 15) is 0 Å². The van der Waals surface area contributed by atoms with Crippen molar-refractivity contribution in [1.29, 1.82) is 0 Å². The lowest BCUT2D eigenvalue weighted by atomic mass is 10.0. The van der Waals surface area contributed by atoms with Crippen LogP contribution in [-0.2, 0) is 0 Å². The van der Waals surface area contributed by atoms with Crippen molar-refractivity contribution in [2.24, 2.45) is 0 Å². The molecule has 0 aliphatic heterocycles. The van der Waals surface area contributed by atoms with Gasteiger partial charge in [0, 0.05) is 10.9 Å². The topological polar surface area (TPSA) is 12.0 Å². The van der Waals surface area contributed by atoms with Gasteiger partial charge in [0.05, 0.1) is 3.79 Å². The van der Waals surface area contributed by atoms with E-state index in [1.165, 1.54) is 46.3 Å². The molecule has 0 aromatic carbocycles. The summed E-state index contributed by atoms with van der Waals surface area (Å²) in [6.07, 6.45) is 6.61. The summed E-state index contributed by atoms with van der Waals surface area (Å²) in [5, 5.41) is 3.44. The van der Waals surface area contributed by atoms with Crippen LogP contribution in [0, 0.1) is 6.92 Å². The SMILES string of the molecule is CCCCCCC(NC)c1cc(Br)sc1C. The molecule has 1 heterocycles. The van der Waals surface area contributed by atoms with Crippen LogP contribution >= 0.6 is 27.3 Å². The van der Waals surface area contributed by atoms with Crippen LogP contribution < -0.4 is 5.32 Å². The summed E-state index contributed by atoms with van der Waals surface area (Å²) in [6.45, 7) is 4.47. The van der Waals surface area contributed by atoms with Gasteiger partial charge in [-0.2, -0.15) is 0 Å². The van der Waals surface area contributed by atoms with Gasteiger partial charge in [-0.25, -0.2) is 0 Å². The molecule has 0 amide bonds. The minimum atomic E-state index is 0.527. The quantitative estimate of drug-likeness (QED) is 0.695. The molecule has 0 saturated carbocycles. The molecule has 1 N–H and O–H groups in total. The van der Waals surface area contributed by atoms with Crippen LogP contribution in [0.5, 0.6) is 0 Å². The Morgan fingerprint density at radius 2 is 2.12 bits per heavy atom. The standard InChI is InChI=1S/C13H22BrNS/c1-4-5-6-7-8-12(15-3)11-9-13(14)16-10(11)2/h9,12,15H,4-8H2,1-3H3. The van der Waals surface area contributed by atoms with Crippen molar-refractivity contribution in [3.8, 4) is 0 Å². The molecule has 1 atom stereocenters. The number of nitrogens with one attached hydrogen (secondary N) is 1. The van der Waals surface area contributed by atoms with E-state index in [2.05, 4.69) is 48.2 Å². The van der Waals surface area contributed by atoms with Gasteiger partial charge in [0.2, 0.25) is 0 Å². The number of thiophene rings is 1. The summed E-state index contributed by atoms with van der Waals surface area (Å²) in [4.78, 5) is 1.43. The fraction of sp³-hybridized carbons (Fsp3) is 0.692. The molecule has 1 unspecified atom stereocenters. The van der Waals surface area contributed by atoms with Crippen LogP contribution in [0.1, 0.15) is 55.5 Å². The molecule has 0 spiro atoms. The molecule has 0 radical (unpaired) electrons. The van der Waals surface area contributed by atoms with Crippen LogP contribution in [0.15, 0.2) is 9.85 Å². The zero-order valence-electron chi connectivity index (χ0n) is 10.5. The third kappa shape index (κ3) is 4.19. The van der Waals surface area contributed by atoms with Gasteiger partial charge in [0.25, 0.3) is 0 Å². The van der Waals surface area contributed by atoms with Crippen molar-refractivity contribution in [2.45, 2.75) is 52.0 Å². The van der Waals surface area contributed by atoms with E-state index in [1.54, 1.807) is 0 Å². The molecule has 0 saturated heterocycles. The Labute approximate surface area is 112 Å². The molecule has 3 heteroatoms. The van der Waals surface area contributed by atoms with Gasteiger partial charge < -0.3 is 5.32 Å². The number of aryl methyl sites for hydroxylation is 1. The second-order valence-corrected chi connectivity index (χ2v) is 6.89. The Balaban J connectivity index is 2.50. The monoisotopic (exact) mass is 303 g/mol. The average Bonchev–Trinajstić information content (AvgIpc) is 2.58. The third-order valence-corrected chi connectivity index (χ3v) is 4.57. The first kappa shape index (κ1) is 14.2. The summed E-state index contributed by atoms with van der Waals surface area (Å²) in [7, 11) is 2.06. The molecule has 92 valence electrons. The fourth-order valence-corrected chi connectivity index (χ4v) is 3.81. The molecular formula is C13H22BrNS. The van der Waals surface area contributed by atoms with E-state index in [0.29, 0.717) is 6.04 Å². The molecule has 1 nitrogen and oxygen atoms in total. The van der Waals surface area contributed by atoms with E-state index in [1.807, 2.05) is 11.3 Å². The van der Waals surface area contributed by atoms with Crippen LogP contribution in [0.25, 0.3) is 0 Å². The highest BCUT2D eigenvalue weighted by Crippen LogP contribution is 2.32. The second-order valence-electron chi connectivity index (χ2n) is 4.25. The first-order valence-electron chi connectivity index (χ1n) is 6.12. The van der Waals surface area contributed by atoms with Gasteiger partial charge in [-0.3, -0.25) is 0 Å². The molecule has 0 aliphatic carbocycles. The van der Waals surface area contributed by atoms with Crippen LogP contribution in [0.2, 0.25) is 0 Å². The normalized spacial score (nSPS) is 13.0. The minimum absolute atomic E-state index is 0.527. The summed E-state index contributed by atoms with van der Waals surface area (Å²) >= 11 is 5.40. The predicted octanol–water partition coefficient (Wildman–Crippen LogP) is 5.05. The molecule has 0 bridgehead atoms. The zero-order chi connectivity index (χ0) is 12.0. The van der Waals surface area contributed by atoms with Crippen molar-refractivity contribution in [1.82, 2.24) is 5.32 Å². The lowest BCUT2D eigenvalue weighted by Gasteiger charge is -2.16. The number of hydrogen-bond acceptors (Lipinski definition) is 2. The highest BCUT2D eigenvalue weighted by atomic mass is 79.9. The highest BCUT2D eigenvalue weighted by Gasteiger charge is 2.13. The fourth-order valence-electron chi connectivity index (χ4n) is 2.04. The Morgan fingerprint density at radius 1 is 1.38 bits per heavy atom. The summed E-state index contributed by atoms with van der Waals surface area (Å²) in [5.74, 6) is 0. The summed E-state index contributed by atoms with van der Waals surface area (Å²) < 4.78 is 1.24. The van der Waals surface area contributed by atoms with Gasteiger partial charge >= 0.3 is 0 Å². The molecule has 1 aromatic rings. The van der Waals surface area contributed by atoms with Crippen LogP contribution in [0.4, 0.5) is 0 Å². The Morgan fingerprint density at radius 3 is 2.62 bits per heavy atom. The Hall–Kier alpha value is 0.140. The number of hydrogen-bond donors (Lipinski definition) is 1. The van der Waals surface area contributed by atoms with Crippen molar-refractivity contribution in [2.75, 3.05) is 7.05 Å². The largest absolute Gasteiger partial charge is 0.313 e. The zero-order valence-corrected chi connectivity index (χ0v) is 12.9. The van der Waals surface area contributed by atoms with Crippen molar-refractivity contribution in [3.63, 3.8) is 0 Å². The smallest absolute Gasteiger partial charge is 0.0704 e. The van der Waals surface area contributed by atoms with E-state index in [0.717, 1.165) is 0 Å². The Bertz CT molecular complexity index is 309. The van der Waals surface area contributed by atoms with E-state index < -0.39 is 0 Å². The van der Waals surface area contributed by atoms with Gasteiger partial charge in [0.1, 0.15) is 0 Å². The van der Waals surface area contributed by atoms with E-state index in [4.69, 9.17) is 0 Å². The van der Waals surface area contributed by atoms with Crippen molar-refractivity contribution in [3.05, 3.63) is 20.3 Å². The minimum Gasteiger partial charge on any atom is -0.313 e. The van der Waals surface area contributed by atoms with Crippen LogP contribution in [-0.4, -0.2) is 7.05 Å². The van der Waals surface area contributed by atoms with E-state index >= 15 is 0 Å². The molecule has 0 aliphatic rings. The molecule has 1 rings (SSSR count). The third-order valence-electron chi connectivity index (χ3n) is 3.00. The van der Waals surface area contributed by atoms with Crippen molar-refractivity contribution < 1.29 is 0 Å². The van der Waals surface area contributed by atoms with Crippen molar-refractivity contribution >= 4 is 27.3 Å². The number of halogens is 1. The van der Waals surface area contributed by atoms with Gasteiger partial charge in [-0.05, 0) is 48.0 Å². The molecular weight excluding hydrogens is 282 g/mol. The first-order valence-corrected chi connectivity index (χ1v) is 7.73. The molecule has 16 heavy (non-hydrogen) atoms. The summed E-state index contributed by atoms with van der Waals surface area (Å²) in [5.41, 5.74) is 1.47. The Kier molecular flexibility index (Phi) is 6.62. The van der Waals surface area contributed by atoms with Gasteiger partial charge in [0.15, 0.2) is 0 Å². The number of unbranched alkanes of at least 4 members (excludes halogenated alkanes) is 3. The molecule has 0 fully saturated rings. The van der Waals surface area contributed by atoms with Gasteiger partial charge in [-0.15, -0.1) is 11.3 Å². The maximum atomic E-state index is 3.56.